The Balaban J connectivity index is 0.000000880. The van der Waals surface area contributed by atoms with Gasteiger partial charge in [0.15, 0.2) is 12.0 Å². The van der Waals surface area contributed by atoms with Gasteiger partial charge in [0.2, 0.25) is 0 Å². The third-order valence-corrected chi connectivity index (χ3v) is 8.18. The van der Waals surface area contributed by atoms with Crippen LogP contribution in [0, 0.1) is 39.9 Å². The van der Waals surface area contributed by atoms with Crippen LogP contribution in [-0.4, -0.2) is 17.7 Å². The van der Waals surface area contributed by atoms with E-state index >= 15 is 0 Å². The van der Waals surface area contributed by atoms with Crippen LogP contribution in [0.5, 0.6) is 0 Å². The third kappa shape index (κ3) is 2.56. The monoisotopic (exact) mass is 347 g/mol. The van der Waals surface area contributed by atoms with Gasteiger partial charge >= 0.3 is 0 Å². The lowest BCUT2D eigenvalue weighted by Gasteiger charge is -2.60. The average Bonchev–Trinajstić information content (AvgIpc) is 2.82. The summed E-state index contributed by atoms with van der Waals surface area (Å²) in [5.41, 5.74) is 1.89. The highest BCUT2D eigenvalue weighted by Crippen LogP contribution is 2.66. The van der Waals surface area contributed by atoms with Crippen LogP contribution in [0.25, 0.3) is 0 Å². The Morgan fingerprint density at radius 3 is 2.52 bits per heavy atom. The molecule has 4 fully saturated rings. The SMILES string of the molecule is C=C1CC2C(CC[C@]3(C)C(=O)C(F)CC23)[C@@]2(C)CCC(=N)CC12.CC. The Hall–Kier alpha value is -0.990. The Kier molecular flexibility index (Phi) is 4.75. The molecule has 7 atom stereocenters. The molecule has 140 valence electrons. The van der Waals surface area contributed by atoms with Gasteiger partial charge in [0.1, 0.15) is 0 Å². The number of hydrogen-bond acceptors (Lipinski definition) is 2. The highest BCUT2D eigenvalue weighted by Gasteiger charge is 2.63. The molecule has 0 aromatic heterocycles. The zero-order valence-corrected chi connectivity index (χ0v) is 16.3. The van der Waals surface area contributed by atoms with Crippen molar-refractivity contribution in [3.8, 4) is 0 Å². The molecular weight excluding hydrogens is 313 g/mol. The minimum absolute atomic E-state index is 0.135. The predicted octanol–water partition coefficient (Wildman–Crippen LogP) is 5.76. The predicted molar refractivity (Wildman–Crippen MR) is 101 cm³/mol. The van der Waals surface area contributed by atoms with Gasteiger partial charge < -0.3 is 5.41 Å². The van der Waals surface area contributed by atoms with E-state index in [1.54, 1.807) is 0 Å². The number of ketones is 1. The molecular formula is C22H34FNO. The van der Waals surface area contributed by atoms with E-state index in [1.165, 1.54) is 5.57 Å². The second-order valence-electron chi connectivity index (χ2n) is 9.13. The summed E-state index contributed by atoms with van der Waals surface area (Å²) in [5.74, 6) is 1.47. The number of hydrogen-bond donors (Lipinski definition) is 1. The van der Waals surface area contributed by atoms with Crippen molar-refractivity contribution in [1.29, 1.82) is 5.41 Å². The van der Waals surface area contributed by atoms with E-state index in [9.17, 15) is 9.18 Å². The molecule has 4 saturated carbocycles. The van der Waals surface area contributed by atoms with E-state index < -0.39 is 11.6 Å². The number of halogens is 1. The fraction of sp³-hybridized carbons (Fsp3) is 0.818. The quantitative estimate of drug-likeness (QED) is 0.556. The Morgan fingerprint density at radius 2 is 1.84 bits per heavy atom. The topological polar surface area (TPSA) is 40.9 Å². The number of allylic oxidation sites excluding steroid dienone is 1. The van der Waals surface area contributed by atoms with Crippen molar-refractivity contribution in [3.05, 3.63) is 12.2 Å². The summed E-state index contributed by atoms with van der Waals surface area (Å²) < 4.78 is 14.2. The highest BCUT2D eigenvalue weighted by molar-refractivity contribution is 5.91. The smallest absolute Gasteiger partial charge is 0.173 e. The fourth-order valence-corrected chi connectivity index (χ4v) is 6.82. The van der Waals surface area contributed by atoms with E-state index in [-0.39, 0.29) is 17.1 Å². The molecule has 25 heavy (non-hydrogen) atoms. The summed E-state index contributed by atoms with van der Waals surface area (Å²) in [4.78, 5) is 12.4. The largest absolute Gasteiger partial charge is 0.310 e. The van der Waals surface area contributed by atoms with Gasteiger partial charge in [-0.05, 0) is 74.0 Å². The van der Waals surface area contributed by atoms with Crippen LogP contribution in [0.4, 0.5) is 4.39 Å². The molecule has 0 saturated heterocycles. The summed E-state index contributed by atoms with van der Waals surface area (Å²) in [6.07, 6.45) is 4.85. The van der Waals surface area contributed by atoms with E-state index in [1.807, 2.05) is 20.8 Å². The second-order valence-corrected chi connectivity index (χ2v) is 9.13. The molecule has 0 aromatic carbocycles. The molecule has 0 aliphatic heterocycles. The fourth-order valence-electron chi connectivity index (χ4n) is 6.82. The van der Waals surface area contributed by atoms with Crippen LogP contribution in [0.15, 0.2) is 12.2 Å². The van der Waals surface area contributed by atoms with Crippen molar-refractivity contribution in [2.24, 2.45) is 34.5 Å². The summed E-state index contributed by atoms with van der Waals surface area (Å²) in [6, 6.07) is 0. The molecule has 0 spiro atoms. The van der Waals surface area contributed by atoms with E-state index in [4.69, 9.17) is 5.41 Å². The maximum atomic E-state index is 14.2. The molecule has 0 aromatic rings. The van der Waals surface area contributed by atoms with E-state index in [0.29, 0.717) is 24.2 Å². The number of rotatable bonds is 0. The van der Waals surface area contributed by atoms with Crippen molar-refractivity contribution >= 4 is 11.5 Å². The van der Waals surface area contributed by atoms with Crippen LogP contribution < -0.4 is 0 Å². The van der Waals surface area contributed by atoms with Gasteiger partial charge in [-0.1, -0.05) is 39.8 Å². The lowest BCUT2D eigenvalue weighted by Crippen LogP contribution is -2.54. The minimum Gasteiger partial charge on any atom is -0.310 e. The highest BCUT2D eigenvalue weighted by atomic mass is 19.1. The van der Waals surface area contributed by atoms with Crippen LogP contribution in [0.2, 0.25) is 0 Å². The summed E-state index contributed by atoms with van der Waals surface area (Å²) in [7, 11) is 0. The zero-order chi connectivity index (χ0) is 18.6. The maximum Gasteiger partial charge on any atom is 0.173 e. The first-order chi connectivity index (χ1) is 11.8. The lowest BCUT2D eigenvalue weighted by atomic mass is 9.44. The first-order valence-electron chi connectivity index (χ1n) is 10.2. The molecule has 0 amide bonds. The maximum absolute atomic E-state index is 14.2. The van der Waals surface area contributed by atoms with Crippen LogP contribution in [0.3, 0.4) is 0 Å². The number of Topliss-reactive ketones (excluding diaryl/α,β-unsaturated/α-hetero) is 1. The van der Waals surface area contributed by atoms with Gasteiger partial charge in [0.05, 0.1) is 0 Å². The Bertz CT molecular complexity index is 599. The Morgan fingerprint density at radius 1 is 1.16 bits per heavy atom. The molecule has 0 heterocycles. The van der Waals surface area contributed by atoms with Gasteiger partial charge in [0.25, 0.3) is 0 Å². The van der Waals surface area contributed by atoms with Crippen molar-refractivity contribution in [3.63, 3.8) is 0 Å². The lowest BCUT2D eigenvalue weighted by molar-refractivity contribution is -0.136. The molecule has 0 radical (unpaired) electrons. The first kappa shape index (κ1) is 18.8. The molecule has 0 bridgehead atoms. The summed E-state index contributed by atoms with van der Waals surface area (Å²) >= 11 is 0. The number of carbonyl (C=O) groups excluding carboxylic acids is 1. The normalized spacial score (nSPS) is 48.8. The molecule has 4 aliphatic rings. The number of nitrogens with one attached hydrogen (secondary N) is 1. The van der Waals surface area contributed by atoms with Crippen molar-refractivity contribution in [2.75, 3.05) is 0 Å². The molecule has 5 unspecified atom stereocenters. The van der Waals surface area contributed by atoms with Crippen LogP contribution in [-0.2, 0) is 4.79 Å². The van der Waals surface area contributed by atoms with Crippen LogP contribution in [0.1, 0.15) is 72.6 Å². The zero-order valence-electron chi connectivity index (χ0n) is 16.3. The number of alkyl halides is 1. The standard InChI is InChI=1S/C20H28FNO.C2H6/c1-11-8-13-14(19(2)6-4-12(22)9-15(11)19)5-7-20(3)16(13)10-17(21)18(20)23;1-2/h13-17,22H,1,4-10H2,2-3H3;1-2H3/t13?,14?,15?,16?,17?,19-,20+;/m1./s1. The van der Waals surface area contributed by atoms with Crippen molar-refractivity contribution in [2.45, 2.75) is 78.8 Å². The number of fused-ring (bicyclic) bond motifs is 5. The Labute approximate surface area is 152 Å². The van der Waals surface area contributed by atoms with Crippen molar-refractivity contribution < 1.29 is 9.18 Å². The second kappa shape index (κ2) is 6.32. The molecule has 4 rings (SSSR count). The van der Waals surface area contributed by atoms with E-state index in [2.05, 4.69) is 13.5 Å². The van der Waals surface area contributed by atoms with E-state index in [0.717, 1.165) is 44.2 Å². The first-order valence-corrected chi connectivity index (χ1v) is 10.2. The molecule has 2 nitrogen and oxygen atoms in total. The summed E-state index contributed by atoms with van der Waals surface area (Å²) in [6.45, 7) is 12.8. The van der Waals surface area contributed by atoms with Gasteiger partial charge in [-0.3, -0.25) is 4.79 Å². The van der Waals surface area contributed by atoms with Crippen LogP contribution >= 0.6 is 0 Å². The number of carbonyl (C=O) groups is 1. The average molecular weight is 348 g/mol. The van der Waals surface area contributed by atoms with Gasteiger partial charge in [-0.15, -0.1) is 0 Å². The van der Waals surface area contributed by atoms with Gasteiger partial charge in [-0.2, -0.15) is 0 Å². The van der Waals surface area contributed by atoms with Gasteiger partial charge in [-0.25, -0.2) is 4.39 Å². The molecule has 4 aliphatic carbocycles. The summed E-state index contributed by atoms with van der Waals surface area (Å²) in [5, 5.41) is 8.09. The van der Waals surface area contributed by atoms with Gasteiger partial charge in [0, 0.05) is 11.1 Å². The molecule has 3 heteroatoms. The van der Waals surface area contributed by atoms with Crippen molar-refractivity contribution in [1.82, 2.24) is 0 Å². The molecule has 1 N–H and O–H groups in total. The minimum atomic E-state index is -1.25. The third-order valence-electron chi connectivity index (χ3n) is 8.18.